The molecule has 0 amide bonds. The lowest BCUT2D eigenvalue weighted by Gasteiger charge is -2.28. The molecule has 1 aliphatic heterocycles. The maximum atomic E-state index is 5.61. The van der Waals surface area contributed by atoms with Gasteiger partial charge in [0.05, 0.1) is 12.1 Å². The Morgan fingerprint density at radius 1 is 1.55 bits per heavy atom. The number of aromatic nitrogens is 2. The lowest BCUT2D eigenvalue weighted by atomic mass is 10.1. The van der Waals surface area contributed by atoms with E-state index in [1.165, 1.54) is 0 Å². The molecule has 3 N–H and O–H groups in total. The summed E-state index contributed by atoms with van der Waals surface area (Å²) in [6.07, 6.45) is 1.19. The molecule has 1 aliphatic rings. The predicted octanol–water partition coefficient (Wildman–Crippen LogP) is 0.912. The Morgan fingerprint density at radius 3 is 2.95 bits per heavy atom. The molecule has 2 unspecified atom stereocenters. The summed E-state index contributed by atoms with van der Waals surface area (Å²) in [7, 11) is 2.02. The Morgan fingerprint density at radius 2 is 2.35 bits per heavy atom. The van der Waals surface area contributed by atoms with Gasteiger partial charge in [-0.3, -0.25) is 0 Å². The van der Waals surface area contributed by atoms with Gasteiger partial charge in [-0.15, -0.1) is 0 Å². The van der Waals surface area contributed by atoms with Crippen molar-refractivity contribution >= 4 is 11.6 Å². The average molecular weight is 281 g/mol. The maximum absolute atomic E-state index is 5.61. The second kappa shape index (κ2) is 6.83. The number of hydrazine groups is 1. The van der Waals surface area contributed by atoms with Crippen LogP contribution in [0, 0.1) is 0 Å². The highest BCUT2D eigenvalue weighted by Gasteiger charge is 2.29. The van der Waals surface area contributed by atoms with Crippen LogP contribution in [0.5, 0.6) is 0 Å². The summed E-state index contributed by atoms with van der Waals surface area (Å²) in [6, 6.07) is 2.15. The molecule has 0 saturated carbocycles. The van der Waals surface area contributed by atoms with E-state index >= 15 is 0 Å². The van der Waals surface area contributed by atoms with Crippen molar-refractivity contribution in [3.63, 3.8) is 0 Å². The molecule has 2 atom stereocenters. The summed E-state index contributed by atoms with van der Waals surface area (Å²) in [5.41, 5.74) is 2.58. The van der Waals surface area contributed by atoms with E-state index < -0.39 is 0 Å². The van der Waals surface area contributed by atoms with E-state index in [0.717, 1.165) is 18.8 Å². The summed E-state index contributed by atoms with van der Waals surface area (Å²) >= 11 is 0. The van der Waals surface area contributed by atoms with Crippen LogP contribution >= 0.6 is 0 Å². The summed E-state index contributed by atoms with van der Waals surface area (Å²) < 4.78 is 11.0. The summed E-state index contributed by atoms with van der Waals surface area (Å²) in [4.78, 5) is 10.9. The van der Waals surface area contributed by atoms with Gasteiger partial charge in [0.2, 0.25) is 0 Å². The fraction of sp³-hybridized carbons (Fsp3) is 0.692. The monoisotopic (exact) mass is 281 g/mol. The Kier molecular flexibility index (Phi) is 5.11. The van der Waals surface area contributed by atoms with Gasteiger partial charge >= 0.3 is 0 Å². The molecule has 0 aromatic carbocycles. The molecule has 20 heavy (non-hydrogen) atoms. The predicted molar refractivity (Wildman–Crippen MR) is 77.4 cm³/mol. The average Bonchev–Trinajstić information content (AvgIpc) is 2.90. The van der Waals surface area contributed by atoms with Crippen molar-refractivity contribution in [1.29, 1.82) is 0 Å². The van der Waals surface area contributed by atoms with Crippen LogP contribution in [-0.4, -0.2) is 42.4 Å². The number of hydrogen-bond donors (Lipinski definition) is 2. The molecule has 7 nitrogen and oxygen atoms in total. The first-order chi connectivity index (χ1) is 9.65. The number of anilines is 2. The van der Waals surface area contributed by atoms with Gasteiger partial charge in [0.25, 0.3) is 0 Å². The molecular weight excluding hydrogens is 258 g/mol. The first kappa shape index (κ1) is 15.0. The quantitative estimate of drug-likeness (QED) is 0.592. The highest BCUT2D eigenvalue weighted by atomic mass is 16.5. The van der Waals surface area contributed by atoms with E-state index in [0.29, 0.717) is 30.9 Å². The van der Waals surface area contributed by atoms with E-state index in [9.17, 15) is 0 Å². The van der Waals surface area contributed by atoms with E-state index in [-0.39, 0.29) is 6.10 Å². The van der Waals surface area contributed by atoms with Crippen LogP contribution in [0.4, 0.5) is 11.6 Å². The van der Waals surface area contributed by atoms with Crippen molar-refractivity contribution in [3.05, 3.63) is 11.9 Å². The Hall–Kier alpha value is -1.44. The number of nitrogen functional groups attached to an aromatic ring is 1. The number of ether oxygens (including phenoxy) is 2. The molecule has 0 radical (unpaired) electrons. The molecule has 112 valence electrons. The zero-order valence-corrected chi connectivity index (χ0v) is 12.3. The molecule has 2 heterocycles. The highest BCUT2D eigenvalue weighted by molar-refractivity contribution is 5.49. The fourth-order valence-corrected chi connectivity index (χ4v) is 2.39. The minimum absolute atomic E-state index is 0.194. The lowest BCUT2D eigenvalue weighted by Crippen LogP contribution is -2.37. The van der Waals surface area contributed by atoms with Crippen molar-refractivity contribution in [1.82, 2.24) is 9.97 Å². The van der Waals surface area contributed by atoms with Crippen LogP contribution in [0.15, 0.2) is 6.07 Å². The third kappa shape index (κ3) is 3.36. The van der Waals surface area contributed by atoms with Crippen molar-refractivity contribution in [2.24, 2.45) is 5.84 Å². The summed E-state index contributed by atoms with van der Waals surface area (Å²) in [6.45, 7) is 5.81. The molecule has 1 fully saturated rings. The number of rotatable bonds is 6. The molecule has 2 rings (SSSR count). The van der Waals surface area contributed by atoms with Gasteiger partial charge in [-0.1, -0.05) is 0 Å². The molecule has 1 aromatic rings. The maximum Gasteiger partial charge on any atom is 0.158 e. The largest absolute Gasteiger partial charge is 0.376 e. The van der Waals surface area contributed by atoms with Crippen molar-refractivity contribution in [3.8, 4) is 0 Å². The van der Waals surface area contributed by atoms with Gasteiger partial charge in [0, 0.05) is 26.3 Å². The smallest absolute Gasteiger partial charge is 0.158 e. The standard InChI is InChI=1S/C13H23N5O2/c1-4-19-8-12-15-11(17-14)7-13(16-12)18(3)10-5-6-20-9(10)2/h7,9-10H,4-6,8,14H2,1-3H3,(H,15,16,17). The van der Waals surface area contributed by atoms with Crippen molar-refractivity contribution in [2.75, 3.05) is 30.6 Å². The van der Waals surface area contributed by atoms with Crippen LogP contribution in [0.25, 0.3) is 0 Å². The molecule has 0 spiro atoms. The van der Waals surface area contributed by atoms with Gasteiger partial charge in [0.1, 0.15) is 18.2 Å². The van der Waals surface area contributed by atoms with E-state index in [2.05, 4.69) is 27.2 Å². The van der Waals surface area contributed by atoms with E-state index in [1.54, 1.807) is 0 Å². The topological polar surface area (TPSA) is 85.5 Å². The van der Waals surface area contributed by atoms with Crippen molar-refractivity contribution < 1.29 is 9.47 Å². The molecule has 0 bridgehead atoms. The first-order valence-corrected chi connectivity index (χ1v) is 6.92. The molecule has 0 aliphatic carbocycles. The SMILES string of the molecule is CCOCc1nc(NN)cc(N(C)C2CCOC2C)n1. The van der Waals surface area contributed by atoms with Gasteiger partial charge in [-0.25, -0.2) is 15.8 Å². The van der Waals surface area contributed by atoms with Gasteiger partial charge in [0.15, 0.2) is 5.82 Å². The summed E-state index contributed by atoms with van der Waals surface area (Å²) in [5, 5.41) is 0. The molecular formula is C13H23N5O2. The van der Waals surface area contributed by atoms with Crippen LogP contribution < -0.4 is 16.2 Å². The minimum Gasteiger partial charge on any atom is -0.376 e. The molecule has 1 saturated heterocycles. The van der Waals surface area contributed by atoms with Gasteiger partial charge in [-0.2, -0.15) is 0 Å². The number of nitrogens with one attached hydrogen (secondary N) is 1. The van der Waals surface area contributed by atoms with Crippen LogP contribution in [-0.2, 0) is 16.1 Å². The normalized spacial score (nSPS) is 22.0. The second-order valence-electron chi connectivity index (χ2n) is 4.85. The highest BCUT2D eigenvalue weighted by Crippen LogP contribution is 2.24. The fourth-order valence-electron chi connectivity index (χ4n) is 2.39. The molecule has 7 heteroatoms. The van der Waals surface area contributed by atoms with Gasteiger partial charge in [-0.05, 0) is 20.3 Å². The molecule has 1 aromatic heterocycles. The van der Waals surface area contributed by atoms with E-state index in [1.807, 2.05) is 20.0 Å². The van der Waals surface area contributed by atoms with Gasteiger partial charge < -0.3 is 19.8 Å². The van der Waals surface area contributed by atoms with Crippen LogP contribution in [0.2, 0.25) is 0 Å². The van der Waals surface area contributed by atoms with Crippen LogP contribution in [0.1, 0.15) is 26.1 Å². The number of nitrogens with zero attached hydrogens (tertiary/aromatic N) is 3. The zero-order chi connectivity index (χ0) is 14.5. The third-order valence-corrected chi connectivity index (χ3v) is 3.54. The second-order valence-corrected chi connectivity index (χ2v) is 4.85. The van der Waals surface area contributed by atoms with Crippen LogP contribution in [0.3, 0.4) is 0 Å². The van der Waals surface area contributed by atoms with Crippen molar-refractivity contribution in [2.45, 2.75) is 39.0 Å². The summed E-state index contributed by atoms with van der Waals surface area (Å²) in [5.74, 6) is 7.50. The first-order valence-electron chi connectivity index (χ1n) is 6.92. The number of likely N-dealkylation sites (N-methyl/N-ethyl adjacent to an activating group) is 1. The number of hydrogen-bond acceptors (Lipinski definition) is 7. The minimum atomic E-state index is 0.194. The Balaban J connectivity index is 2.20. The third-order valence-electron chi connectivity index (χ3n) is 3.54. The van der Waals surface area contributed by atoms with E-state index in [4.69, 9.17) is 15.3 Å². The number of nitrogens with two attached hydrogens (primary N) is 1. The Bertz CT molecular complexity index is 443. The lowest BCUT2D eigenvalue weighted by molar-refractivity contribution is 0.118. The zero-order valence-electron chi connectivity index (χ0n) is 12.3. The Labute approximate surface area is 119 Å².